The summed E-state index contributed by atoms with van der Waals surface area (Å²) >= 11 is 0. The Hall–Kier alpha value is -1.30. The zero-order valence-electron chi connectivity index (χ0n) is 12.0. The van der Waals surface area contributed by atoms with E-state index in [1.807, 2.05) is 13.8 Å². The van der Waals surface area contributed by atoms with Crippen molar-refractivity contribution in [3.63, 3.8) is 0 Å². The molecule has 6 nitrogen and oxygen atoms in total. The summed E-state index contributed by atoms with van der Waals surface area (Å²) in [6, 6.07) is -0.398. The molecule has 110 valence electrons. The number of hydrogen-bond donors (Lipinski definition) is 1. The monoisotopic (exact) mass is 272 g/mol. The van der Waals surface area contributed by atoms with Gasteiger partial charge < -0.3 is 19.6 Å². The minimum atomic E-state index is -0.996. The average molecular weight is 272 g/mol. The van der Waals surface area contributed by atoms with E-state index in [1.165, 1.54) is 4.90 Å². The van der Waals surface area contributed by atoms with Crippen LogP contribution >= 0.6 is 0 Å². The molecule has 0 aliphatic carbocycles. The molecule has 1 saturated heterocycles. The van der Waals surface area contributed by atoms with Gasteiger partial charge in [-0.2, -0.15) is 0 Å². The van der Waals surface area contributed by atoms with E-state index < -0.39 is 5.97 Å². The third-order valence-electron chi connectivity index (χ3n) is 3.25. The number of carbonyl (C=O) groups excluding carboxylic acids is 1. The molecule has 0 aromatic rings. The minimum absolute atomic E-state index is 0.0709. The third kappa shape index (κ3) is 5.06. The fraction of sp³-hybridized carbons (Fsp3) is 0.846. The van der Waals surface area contributed by atoms with Crippen LogP contribution in [-0.4, -0.2) is 65.8 Å². The van der Waals surface area contributed by atoms with Crippen LogP contribution in [-0.2, 0) is 9.53 Å². The third-order valence-corrected chi connectivity index (χ3v) is 3.25. The molecule has 0 saturated carbocycles. The lowest BCUT2D eigenvalue weighted by Gasteiger charge is -2.33. The van der Waals surface area contributed by atoms with E-state index in [0.717, 1.165) is 25.9 Å². The first-order valence-electron chi connectivity index (χ1n) is 6.77. The topological polar surface area (TPSA) is 70.1 Å². The number of carbonyl (C=O) groups is 2. The number of nitrogens with zero attached hydrogens (tertiary/aromatic N) is 2. The molecule has 0 spiro atoms. The van der Waals surface area contributed by atoms with E-state index in [4.69, 9.17) is 9.84 Å². The molecule has 1 atom stereocenters. The van der Waals surface area contributed by atoms with E-state index in [1.54, 1.807) is 11.9 Å². The maximum absolute atomic E-state index is 12.2. The lowest BCUT2D eigenvalue weighted by atomic mass is 10.1. The van der Waals surface area contributed by atoms with Crippen molar-refractivity contribution in [3.8, 4) is 0 Å². The standard InChI is InChI=1S/C13H24N2O4/c1-10(2)15(9-12(16)17)13(18)14(3)8-11-6-4-5-7-19-11/h10-11H,4-9H2,1-3H3,(H,16,17). The van der Waals surface area contributed by atoms with E-state index in [0.29, 0.717) is 6.54 Å². The van der Waals surface area contributed by atoms with E-state index in [-0.39, 0.29) is 24.7 Å². The van der Waals surface area contributed by atoms with Gasteiger partial charge in [-0.15, -0.1) is 0 Å². The van der Waals surface area contributed by atoms with Crippen molar-refractivity contribution in [2.45, 2.75) is 45.3 Å². The highest BCUT2D eigenvalue weighted by Gasteiger charge is 2.25. The Kier molecular flexibility index (Phi) is 6.08. The first-order chi connectivity index (χ1) is 8.91. The molecule has 1 rings (SSSR count). The van der Waals surface area contributed by atoms with Gasteiger partial charge in [-0.1, -0.05) is 0 Å². The van der Waals surface area contributed by atoms with Crippen molar-refractivity contribution in [2.75, 3.05) is 26.7 Å². The Labute approximate surface area is 114 Å². The molecule has 1 fully saturated rings. The summed E-state index contributed by atoms with van der Waals surface area (Å²) in [6.07, 6.45) is 3.22. The normalized spacial score (nSPS) is 19.3. The Bertz CT molecular complexity index is 314. The van der Waals surface area contributed by atoms with Gasteiger partial charge in [-0.05, 0) is 33.1 Å². The van der Waals surface area contributed by atoms with Crippen LogP contribution in [0.3, 0.4) is 0 Å². The average Bonchev–Trinajstić information content (AvgIpc) is 2.35. The lowest BCUT2D eigenvalue weighted by molar-refractivity contribution is -0.138. The number of amides is 2. The highest BCUT2D eigenvalue weighted by atomic mass is 16.5. The second-order valence-corrected chi connectivity index (χ2v) is 5.27. The number of carboxylic acid groups (broad SMARTS) is 1. The fourth-order valence-corrected chi connectivity index (χ4v) is 2.17. The summed E-state index contributed by atoms with van der Waals surface area (Å²) < 4.78 is 5.59. The predicted molar refractivity (Wildman–Crippen MR) is 71.1 cm³/mol. The van der Waals surface area contributed by atoms with Gasteiger partial charge >= 0.3 is 12.0 Å². The first kappa shape index (κ1) is 15.8. The zero-order chi connectivity index (χ0) is 14.4. The van der Waals surface area contributed by atoms with Gasteiger partial charge in [0.15, 0.2) is 0 Å². The van der Waals surface area contributed by atoms with Crippen LogP contribution in [0, 0.1) is 0 Å². The van der Waals surface area contributed by atoms with Crippen molar-refractivity contribution in [3.05, 3.63) is 0 Å². The van der Waals surface area contributed by atoms with Crippen molar-refractivity contribution in [2.24, 2.45) is 0 Å². The molecule has 0 radical (unpaired) electrons. The van der Waals surface area contributed by atoms with E-state index in [9.17, 15) is 9.59 Å². The molecular weight excluding hydrogens is 248 g/mol. The number of carboxylic acids is 1. The smallest absolute Gasteiger partial charge is 0.323 e. The van der Waals surface area contributed by atoms with Gasteiger partial charge in [0, 0.05) is 26.2 Å². The number of ether oxygens (including phenoxy) is 1. The molecule has 6 heteroatoms. The Balaban J connectivity index is 2.54. The quantitative estimate of drug-likeness (QED) is 0.821. The van der Waals surface area contributed by atoms with Gasteiger partial charge in [0.05, 0.1) is 6.10 Å². The highest BCUT2D eigenvalue weighted by molar-refractivity contribution is 5.80. The number of likely N-dealkylation sites (N-methyl/N-ethyl adjacent to an activating group) is 1. The van der Waals surface area contributed by atoms with Gasteiger partial charge in [-0.25, -0.2) is 4.79 Å². The second kappa shape index (κ2) is 7.33. The van der Waals surface area contributed by atoms with Crippen molar-refractivity contribution >= 4 is 12.0 Å². The molecule has 0 bridgehead atoms. The number of hydrogen-bond acceptors (Lipinski definition) is 3. The van der Waals surface area contributed by atoms with Crippen LogP contribution in [0.25, 0.3) is 0 Å². The highest BCUT2D eigenvalue weighted by Crippen LogP contribution is 2.14. The molecule has 19 heavy (non-hydrogen) atoms. The molecule has 1 heterocycles. The SMILES string of the molecule is CC(C)N(CC(=O)O)C(=O)N(C)CC1CCCCO1. The van der Waals surface area contributed by atoms with Crippen LogP contribution in [0.1, 0.15) is 33.1 Å². The molecule has 1 N–H and O–H groups in total. The fourth-order valence-electron chi connectivity index (χ4n) is 2.17. The maximum Gasteiger partial charge on any atom is 0.323 e. The van der Waals surface area contributed by atoms with E-state index >= 15 is 0 Å². The van der Waals surface area contributed by atoms with Gasteiger partial charge in [-0.3, -0.25) is 4.79 Å². The summed E-state index contributed by atoms with van der Waals surface area (Å²) in [4.78, 5) is 25.9. The van der Waals surface area contributed by atoms with Crippen molar-refractivity contribution in [1.29, 1.82) is 0 Å². The summed E-state index contributed by atoms with van der Waals surface area (Å²) in [5, 5.41) is 8.85. The minimum Gasteiger partial charge on any atom is -0.480 e. The molecule has 1 aliphatic rings. The molecule has 1 aliphatic heterocycles. The predicted octanol–water partition coefficient (Wildman–Crippen LogP) is 1.40. The van der Waals surface area contributed by atoms with Crippen LogP contribution in [0.5, 0.6) is 0 Å². The molecule has 2 amide bonds. The van der Waals surface area contributed by atoms with Crippen molar-refractivity contribution < 1.29 is 19.4 Å². The molecule has 0 aromatic carbocycles. The molecular formula is C13H24N2O4. The van der Waals surface area contributed by atoms with Crippen LogP contribution < -0.4 is 0 Å². The number of aliphatic carboxylic acids is 1. The molecule has 1 unspecified atom stereocenters. The number of urea groups is 1. The summed E-state index contributed by atoms with van der Waals surface area (Å²) in [7, 11) is 1.69. The Morgan fingerprint density at radius 3 is 2.53 bits per heavy atom. The van der Waals surface area contributed by atoms with Gasteiger partial charge in [0.1, 0.15) is 6.54 Å². The summed E-state index contributed by atoms with van der Waals surface area (Å²) in [5.74, 6) is -0.996. The van der Waals surface area contributed by atoms with Crippen LogP contribution in [0.15, 0.2) is 0 Å². The maximum atomic E-state index is 12.2. The van der Waals surface area contributed by atoms with Gasteiger partial charge in [0.2, 0.25) is 0 Å². The lowest BCUT2D eigenvalue weighted by Crippen LogP contribution is -2.49. The number of rotatable bonds is 5. The van der Waals surface area contributed by atoms with Crippen LogP contribution in [0.4, 0.5) is 4.79 Å². The largest absolute Gasteiger partial charge is 0.480 e. The Morgan fingerprint density at radius 1 is 1.37 bits per heavy atom. The van der Waals surface area contributed by atoms with E-state index in [2.05, 4.69) is 0 Å². The summed E-state index contributed by atoms with van der Waals surface area (Å²) in [5.41, 5.74) is 0. The van der Waals surface area contributed by atoms with Crippen molar-refractivity contribution in [1.82, 2.24) is 9.80 Å². The molecule has 0 aromatic heterocycles. The second-order valence-electron chi connectivity index (χ2n) is 5.27. The van der Waals surface area contributed by atoms with Gasteiger partial charge in [0.25, 0.3) is 0 Å². The van der Waals surface area contributed by atoms with Crippen LogP contribution in [0.2, 0.25) is 0 Å². The summed E-state index contributed by atoms with van der Waals surface area (Å²) in [6.45, 7) is 4.61. The Morgan fingerprint density at radius 2 is 2.05 bits per heavy atom. The first-order valence-corrected chi connectivity index (χ1v) is 6.77. The zero-order valence-corrected chi connectivity index (χ0v) is 12.0.